The Morgan fingerprint density at radius 3 is 2.57 bits per heavy atom. The van der Waals surface area contributed by atoms with E-state index >= 15 is 0 Å². The highest BCUT2D eigenvalue weighted by Gasteiger charge is 2.19. The first-order valence-electron chi connectivity index (χ1n) is 8.39. The molecule has 0 saturated carbocycles. The maximum absolute atomic E-state index is 12.4. The monoisotopic (exact) mass is 458 g/mol. The summed E-state index contributed by atoms with van der Waals surface area (Å²) in [6.45, 7) is 4.89. The van der Waals surface area contributed by atoms with Gasteiger partial charge in [0.05, 0.1) is 27.7 Å². The van der Waals surface area contributed by atoms with Crippen LogP contribution in [0.25, 0.3) is 11.6 Å². The molecule has 0 radical (unpaired) electrons. The van der Waals surface area contributed by atoms with Crippen LogP contribution in [0.2, 0.25) is 15.1 Å². The second-order valence-electron chi connectivity index (χ2n) is 6.37. The van der Waals surface area contributed by atoms with Crippen LogP contribution in [0.15, 0.2) is 40.1 Å². The van der Waals surface area contributed by atoms with Gasteiger partial charge in [0.25, 0.3) is 0 Å². The van der Waals surface area contributed by atoms with E-state index < -0.39 is 0 Å². The summed E-state index contributed by atoms with van der Waals surface area (Å²) in [6, 6.07) is 6.66. The van der Waals surface area contributed by atoms with Gasteiger partial charge >= 0.3 is 0 Å². The molecule has 148 valence electrons. The number of halogens is 3. The van der Waals surface area contributed by atoms with Gasteiger partial charge < -0.3 is 9.73 Å². The molecule has 0 unspecified atom stereocenters. The minimum Gasteiger partial charge on any atom is -0.461 e. The van der Waals surface area contributed by atoms with Gasteiger partial charge in [0.1, 0.15) is 0 Å². The maximum atomic E-state index is 12.4. The number of nitrogens with zero attached hydrogens (tertiary/aromatic N) is 3. The minimum atomic E-state index is -0.269. The third kappa shape index (κ3) is 5.03. The number of furan rings is 1. The van der Waals surface area contributed by atoms with Gasteiger partial charge in [-0.1, -0.05) is 60.4 Å². The van der Waals surface area contributed by atoms with Crippen molar-refractivity contribution >= 4 is 58.2 Å². The van der Waals surface area contributed by atoms with Crippen molar-refractivity contribution in [3.63, 3.8) is 0 Å². The van der Waals surface area contributed by atoms with Crippen molar-refractivity contribution in [3.8, 4) is 11.6 Å². The summed E-state index contributed by atoms with van der Waals surface area (Å²) >= 11 is 19.4. The molecule has 0 atom stereocenters. The molecule has 0 aliphatic heterocycles. The number of nitrogens with one attached hydrogen (secondary N) is 1. The largest absolute Gasteiger partial charge is 0.461 e. The Balaban J connectivity index is 1.73. The standard InChI is InChI=1S/C18H17Cl3N4O2S/c1-10(2)8-25-17(14-4-3-5-27-14)23-24-18(25)28-9-15(26)22-16-12(20)6-11(19)7-13(16)21/h3-7,10H,8-9H2,1-2H3,(H,22,26). The number of carbonyl (C=O) groups excluding carboxylic acids is 1. The molecule has 1 N–H and O–H groups in total. The van der Waals surface area contributed by atoms with Crippen LogP contribution in [0.4, 0.5) is 5.69 Å². The molecule has 0 fully saturated rings. The average Bonchev–Trinajstić information content (AvgIpc) is 3.25. The summed E-state index contributed by atoms with van der Waals surface area (Å²) < 4.78 is 7.39. The predicted octanol–water partition coefficient (Wildman–Crippen LogP) is 5.89. The van der Waals surface area contributed by atoms with Crippen LogP contribution in [-0.4, -0.2) is 26.4 Å². The lowest BCUT2D eigenvalue weighted by Gasteiger charge is -2.12. The lowest BCUT2D eigenvalue weighted by atomic mass is 10.2. The molecule has 28 heavy (non-hydrogen) atoms. The van der Waals surface area contributed by atoms with Gasteiger partial charge in [0, 0.05) is 11.6 Å². The van der Waals surface area contributed by atoms with E-state index in [1.54, 1.807) is 12.3 Å². The number of hydrogen-bond acceptors (Lipinski definition) is 5. The Hall–Kier alpha value is -1.67. The fourth-order valence-corrected chi connectivity index (χ4v) is 4.14. The molecule has 1 amide bonds. The van der Waals surface area contributed by atoms with Crippen molar-refractivity contribution in [2.24, 2.45) is 5.92 Å². The zero-order valence-electron chi connectivity index (χ0n) is 15.1. The summed E-state index contributed by atoms with van der Waals surface area (Å²) in [5.74, 6) is 1.47. The molecule has 0 bridgehead atoms. The van der Waals surface area contributed by atoms with E-state index in [1.807, 2.05) is 10.6 Å². The summed E-state index contributed by atoms with van der Waals surface area (Å²) in [4.78, 5) is 12.4. The molecule has 1 aromatic carbocycles. The number of carbonyl (C=O) groups is 1. The first-order valence-corrected chi connectivity index (χ1v) is 10.5. The SMILES string of the molecule is CC(C)Cn1c(SCC(=O)Nc2c(Cl)cc(Cl)cc2Cl)nnc1-c1ccco1. The van der Waals surface area contributed by atoms with Crippen LogP contribution in [0.3, 0.4) is 0 Å². The smallest absolute Gasteiger partial charge is 0.234 e. The van der Waals surface area contributed by atoms with Crippen LogP contribution >= 0.6 is 46.6 Å². The summed E-state index contributed by atoms with van der Waals surface area (Å²) in [5, 5.41) is 12.7. The molecule has 3 rings (SSSR count). The first kappa shape index (κ1) is 21.0. The van der Waals surface area contributed by atoms with E-state index in [0.717, 1.165) is 0 Å². The van der Waals surface area contributed by atoms with Crippen molar-refractivity contribution in [1.82, 2.24) is 14.8 Å². The van der Waals surface area contributed by atoms with Gasteiger partial charge in [-0.05, 0) is 30.2 Å². The molecule has 6 nitrogen and oxygen atoms in total. The lowest BCUT2D eigenvalue weighted by molar-refractivity contribution is -0.113. The Bertz CT molecular complexity index is 950. The van der Waals surface area contributed by atoms with E-state index in [2.05, 4.69) is 29.4 Å². The minimum absolute atomic E-state index is 0.115. The number of hydrogen-bond donors (Lipinski definition) is 1. The van der Waals surface area contributed by atoms with Gasteiger partial charge in [-0.3, -0.25) is 9.36 Å². The molecular weight excluding hydrogens is 443 g/mol. The van der Waals surface area contributed by atoms with Crippen molar-refractivity contribution in [1.29, 1.82) is 0 Å². The van der Waals surface area contributed by atoms with Crippen molar-refractivity contribution in [2.75, 3.05) is 11.1 Å². The third-order valence-corrected chi connectivity index (χ3v) is 5.39. The molecule has 0 aliphatic rings. The fourth-order valence-electron chi connectivity index (χ4n) is 2.48. The van der Waals surface area contributed by atoms with Crippen LogP contribution in [0.1, 0.15) is 13.8 Å². The van der Waals surface area contributed by atoms with Gasteiger partial charge in [-0.25, -0.2) is 0 Å². The van der Waals surface area contributed by atoms with Crippen LogP contribution < -0.4 is 5.32 Å². The van der Waals surface area contributed by atoms with Crippen LogP contribution in [0.5, 0.6) is 0 Å². The summed E-state index contributed by atoms with van der Waals surface area (Å²) in [5.41, 5.74) is 0.332. The average molecular weight is 460 g/mol. The molecular formula is C18H17Cl3N4O2S. The second kappa shape index (κ2) is 9.22. The maximum Gasteiger partial charge on any atom is 0.234 e. The molecule has 3 aromatic rings. The van der Waals surface area contributed by atoms with E-state index in [9.17, 15) is 4.79 Å². The quantitative estimate of drug-likeness (QED) is 0.446. The highest BCUT2D eigenvalue weighted by Crippen LogP contribution is 2.34. The Labute approximate surface area is 181 Å². The van der Waals surface area contributed by atoms with Crippen LogP contribution in [0, 0.1) is 5.92 Å². The van der Waals surface area contributed by atoms with Crippen molar-refractivity contribution in [3.05, 3.63) is 45.6 Å². The van der Waals surface area contributed by atoms with Gasteiger partial charge in [0.15, 0.2) is 16.7 Å². The second-order valence-corrected chi connectivity index (χ2v) is 8.56. The van der Waals surface area contributed by atoms with Crippen molar-refractivity contribution < 1.29 is 9.21 Å². The van der Waals surface area contributed by atoms with Gasteiger partial charge in [0.2, 0.25) is 5.91 Å². The Kier molecular flexibility index (Phi) is 6.93. The molecule has 2 aromatic heterocycles. The molecule has 10 heteroatoms. The Morgan fingerprint density at radius 2 is 1.96 bits per heavy atom. The third-order valence-electron chi connectivity index (χ3n) is 3.61. The summed E-state index contributed by atoms with van der Waals surface area (Å²) in [6.07, 6.45) is 1.59. The normalized spacial score (nSPS) is 11.2. The molecule has 2 heterocycles. The zero-order chi connectivity index (χ0) is 20.3. The highest BCUT2D eigenvalue weighted by molar-refractivity contribution is 7.99. The lowest BCUT2D eigenvalue weighted by Crippen LogP contribution is -2.16. The predicted molar refractivity (Wildman–Crippen MR) is 113 cm³/mol. The van der Waals surface area contributed by atoms with E-state index in [-0.39, 0.29) is 21.7 Å². The summed E-state index contributed by atoms with van der Waals surface area (Å²) in [7, 11) is 0. The fraction of sp³-hybridized carbons (Fsp3) is 0.278. The van der Waals surface area contributed by atoms with E-state index in [0.29, 0.717) is 39.9 Å². The number of amides is 1. The Morgan fingerprint density at radius 1 is 1.25 bits per heavy atom. The highest BCUT2D eigenvalue weighted by atomic mass is 35.5. The van der Waals surface area contributed by atoms with Crippen LogP contribution in [-0.2, 0) is 11.3 Å². The molecule has 0 aliphatic carbocycles. The van der Waals surface area contributed by atoms with E-state index in [4.69, 9.17) is 39.2 Å². The number of anilines is 1. The molecule has 0 spiro atoms. The molecule has 0 saturated heterocycles. The van der Waals surface area contributed by atoms with Gasteiger partial charge in [-0.15, -0.1) is 10.2 Å². The zero-order valence-corrected chi connectivity index (χ0v) is 18.2. The van der Waals surface area contributed by atoms with Gasteiger partial charge in [-0.2, -0.15) is 0 Å². The number of aromatic nitrogens is 3. The number of rotatable bonds is 7. The first-order chi connectivity index (χ1) is 13.3. The number of thioether (sulfide) groups is 1. The number of benzene rings is 1. The van der Waals surface area contributed by atoms with E-state index in [1.165, 1.54) is 23.9 Å². The topological polar surface area (TPSA) is 73.0 Å². The van der Waals surface area contributed by atoms with Crippen molar-refractivity contribution in [2.45, 2.75) is 25.5 Å².